The molecule has 0 saturated carbocycles. The lowest BCUT2D eigenvalue weighted by atomic mass is 10.1. The van der Waals surface area contributed by atoms with Gasteiger partial charge in [-0.05, 0) is 0 Å². The molecular weight excluding hydrogens is 270 g/mol. The van der Waals surface area contributed by atoms with E-state index < -0.39 is 0 Å². The van der Waals surface area contributed by atoms with E-state index in [-0.39, 0.29) is 11.8 Å². The lowest BCUT2D eigenvalue weighted by molar-refractivity contribution is -0.128. The molecular formula is C16H19NO4. The van der Waals surface area contributed by atoms with Gasteiger partial charge in [-0.1, -0.05) is 0 Å². The van der Waals surface area contributed by atoms with Gasteiger partial charge in [-0.25, -0.2) is 0 Å². The summed E-state index contributed by atoms with van der Waals surface area (Å²) in [5, 5.41) is 0. The lowest BCUT2D eigenvalue weighted by Crippen LogP contribution is -2.25. The molecule has 1 atom stereocenters. The summed E-state index contributed by atoms with van der Waals surface area (Å²) in [5.74, 6) is 4.57. The molecule has 1 aliphatic rings. The van der Waals surface area contributed by atoms with Gasteiger partial charge in [0, 0.05) is 31.0 Å². The highest BCUT2D eigenvalue weighted by Gasteiger charge is 2.29. The zero-order chi connectivity index (χ0) is 15.4. The molecule has 1 aliphatic heterocycles. The van der Waals surface area contributed by atoms with Crippen LogP contribution in [-0.4, -0.2) is 38.7 Å². The van der Waals surface area contributed by atoms with E-state index in [2.05, 4.69) is 5.92 Å². The summed E-state index contributed by atoms with van der Waals surface area (Å²) in [7, 11) is 4.73. The Morgan fingerprint density at radius 1 is 1.24 bits per heavy atom. The van der Waals surface area contributed by atoms with Crippen LogP contribution in [0.2, 0.25) is 0 Å². The molecule has 1 heterocycles. The van der Waals surface area contributed by atoms with E-state index in [9.17, 15) is 4.79 Å². The Kier molecular flexibility index (Phi) is 4.59. The summed E-state index contributed by atoms with van der Waals surface area (Å²) < 4.78 is 16.0. The van der Waals surface area contributed by atoms with Gasteiger partial charge in [0.1, 0.15) is 17.2 Å². The monoisotopic (exact) mass is 289 g/mol. The predicted molar refractivity (Wildman–Crippen MR) is 78.5 cm³/mol. The normalized spacial score (nSPS) is 17.5. The van der Waals surface area contributed by atoms with Crippen LogP contribution >= 0.6 is 0 Å². The Morgan fingerprint density at radius 2 is 1.86 bits per heavy atom. The lowest BCUT2D eigenvalue weighted by Gasteiger charge is -2.20. The Balaban J connectivity index is 2.31. The van der Waals surface area contributed by atoms with Crippen molar-refractivity contribution >= 4 is 5.91 Å². The fraction of sp³-hybridized carbons (Fsp3) is 0.438. The zero-order valence-electron chi connectivity index (χ0n) is 12.5. The average Bonchev–Trinajstić information content (AvgIpc) is 2.87. The number of terminal acetylenes is 1. The highest BCUT2D eigenvalue weighted by Crippen LogP contribution is 2.36. The van der Waals surface area contributed by atoms with Gasteiger partial charge >= 0.3 is 0 Å². The van der Waals surface area contributed by atoms with Crippen LogP contribution in [0.25, 0.3) is 0 Å². The van der Waals surface area contributed by atoms with Crippen molar-refractivity contribution in [2.75, 3.05) is 27.9 Å². The number of rotatable bonds is 5. The van der Waals surface area contributed by atoms with E-state index >= 15 is 0 Å². The zero-order valence-corrected chi connectivity index (χ0v) is 12.5. The number of carbonyl (C=O) groups is 1. The standard InChI is InChI=1S/C16H19NO4/c1-5-11-6-16(18)17(9-11)10-13-14(20-3)7-12(19-2)8-15(13)21-4/h1,7-8,11H,6,9-10H2,2-4H3. The van der Waals surface area contributed by atoms with Crippen molar-refractivity contribution in [2.45, 2.75) is 13.0 Å². The molecule has 0 radical (unpaired) electrons. The molecule has 1 aromatic carbocycles. The molecule has 0 bridgehead atoms. The van der Waals surface area contributed by atoms with Gasteiger partial charge in [0.2, 0.25) is 5.91 Å². The van der Waals surface area contributed by atoms with Crippen LogP contribution in [-0.2, 0) is 11.3 Å². The molecule has 1 fully saturated rings. The number of nitrogens with zero attached hydrogens (tertiary/aromatic N) is 1. The molecule has 0 N–H and O–H groups in total. The fourth-order valence-electron chi connectivity index (χ4n) is 2.46. The van der Waals surface area contributed by atoms with Crippen molar-refractivity contribution < 1.29 is 19.0 Å². The Labute approximate surface area is 124 Å². The van der Waals surface area contributed by atoms with Crippen LogP contribution in [0.15, 0.2) is 12.1 Å². The molecule has 0 spiro atoms. The molecule has 1 saturated heterocycles. The van der Waals surface area contributed by atoms with Crippen LogP contribution in [0.1, 0.15) is 12.0 Å². The Morgan fingerprint density at radius 3 is 2.29 bits per heavy atom. The predicted octanol–water partition coefficient (Wildman–Crippen LogP) is 1.69. The van der Waals surface area contributed by atoms with Crippen LogP contribution in [0, 0.1) is 18.3 Å². The summed E-state index contributed by atoms with van der Waals surface area (Å²) in [5.41, 5.74) is 0.812. The topological polar surface area (TPSA) is 48.0 Å². The number of carbonyl (C=O) groups excluding carboxylic acids is 1. The largest absolute Gasteiger partial charge is 0.496 e. The molecule has 1 unspecified atom stereocenters. The quantitative estimate of drug-likeness (QED) is 0.774. The number of benzene rings is 1. The van der Waals surface area contributed by atoms with E-state index in [0.717, 1.165) is 5.56 Å². The summed E-state index contributed by atoms with van der Waals surface area (Å²) in [6.45, 7) is 0.973. The number of amides is 1. The maximum atomic E-state index is 12.0. The maximum absolute atomic E-state index is 12.0. The van der Waals surface area contributed by atoms with Crippen molar-refractivity contribution in [1.29, 1.82) is 0 Å². The van der Waals surface area contributed by atoms with Gasteiger partial charge in [-0.15, -0.1) is 12.3 Å². The fourth-order valence-corrected chi connectivity index (χ4v) is 2.46. The van der Waals surface area contributed by atoms with Crippen molar-refractivity contribution in [3.8, 4) is 29.6 Å². The summed E-state index contributed by atoms with van der Waals surface area (Å²) in [4.78, 5) is 13.7. The van der Waals surface area contributed by atoms with Gasteiger partial charge in [0.25, 0.3) is 0 Å². The molecule has 5 heteroatoms. The minimum atomic E-state index is -0.0206. The summed E-state index contributed by atoms with van der Waals surface area (Å²) in [6, 6.07) is 3.55. The second-order valence-electron chi connectivity index (χ2n) is 4.85. The number of methoxy groups -OCH3 is 3. The van der Waals surface area contributed by atoms with E-state index in [1.807, 2.05) is 0 Å². The third-order valence-electron chi connectivity index (χ3n) is 3.62. The Bertz CT molecular complexity index is 551. The first-order chi connectivity index (χ1) is 10.1. The van der Waals surface area contributed by atoms with Crippen LogP contribution in [0.5, 0.6) is 17.2 Å². The molecule has 0 aliphatic carbocycles. The van der Waals surface area contributed by atoms with E-state index in [1.165, 1.54) is 0 Å². The molecule has 1 aromatic rings. The van der Waals surface area contributed by atoms with Crippen LogP contribution < -0.4 is 14.2 Å². The van der Waals surface area contributed by atoms with Crippen LogP contribution in [0.4, 0.5) is 0 Å². The second-order valence-corrected chi connectivity index (χ2v) is 4.85. The summed E-state index contributed by atoms with van der Waals surface area (Å²) in [6.07, 6.45) is 5.81. The first-order valence-electron chi connectivity index (χ1n) is 6.65. The first kappa shape index (κ1) is 15.0. The van der Waals surface area contributed by atoms with Gasteiger partial charge in [-0.3, -0.25) is 4.79 Å². The van der Waals surface area contributed by atoms with Gasteiger partial charge in [-0.2, -0.15) is 0 Å². The summed E-state index contributed by atoms with van der Waals surface area (Å²) >= 11 is 0. The maximum Gasteiger partial charge on any atom is 0.224 e. The number of likely N-dealkylation sites (tertiary alicyclic amines) is 1. The molecule has 21 heavy (non-hydrogen) atoms. The van der Waals surface area contributed by atoms with Crippen LogP contribution in [0.3, 0.4) is 0 Å². The Hall–Kier alpha value is -2.35. The highest BCUT2D eigenvalue weighted by atomic mass is 16.5. The van der Waals surface area contributed by atoms with Crippen molar-refractivity contribution in [1.82, 2.24) is 4.90 Å². The molecule has 0 aromatic heterocycles. The van der Waals surface area contributed by atoms with Crippen molar-refractivity contribution in [2.24, 2.45) is 5.92 Å². The smallest absolute Gasteiger partial charge is 0.224 e. The van der Waals surface area contributed by atoms with Crippen molar-refractivity contribution in [3.63, 3.8) is 0 Å². The van der Waals surface area contributed by atoms with Gasteiger partial charge < -0.3 is 19.1 Å². The highest BCUT2D eigenvalue weighted by molar-refractivity contribution is 5.79. The average molecular weight is 289 g/mol. The van der Waals surface area contributed by atoms with Crippen molar-refractivity contribution in [3.05, 3.63) is 17.7 Å². The van der Waals surface area contributed by atoms with E-state index in [4.69, 9.17) is 20.6 Å². The first-order valence-corrected chi connectivity index (χ1v) is 6.65. The number of ether oxygens (including phenoxy) is 3. The number of hydrogen-bond donors (Lipinski definition) is 0. The number of hydrogen-bond acceptors (Lipinski definition) is 4. The second kappa shape index (κ2) is 6.40. The third kappa shape index (κ3) is 3.05. The minimum Gasteiger partial charge on any atom is -0.496 e. The van der Waals surface area contributed by atoms with Gasteiger partial charge in [0.15, 0.2) is 0 Å². The minimum absolute atomic E-state index is 0.0206. The third-order valence-corrected chi connectivity index (χ3v) is 3.62. The molecule has 5 nitrogen and oxygen atoms in total. The SMILES string of the molecule is C#CC1CC(=O)N(Cc2c(OC)cc(OC)cc2OC)C1. The van der Waals surface area contributed by atoms with E-state index in [0.29, 0.717) is 36.8 Å². The van der Waals surface area contributed by atoms with E-state index in [1.54, 1.807) is 38.4 Å². The molecule has 2 rings (SSSR count). The molecule has 112 valence electrons. The molecule has 1 amide bonds. The van der Waals surface area contributed by atoms with Gasteiger partial charge in [0.05, 0.1) is 33.4 Å².